The number of carboxylic acids is 1. The average Bonchev–Trinajstić information content (AvgIpc) is 2.36. The first-order valence-corrected chi connectivity index (χ1v) is 6.33. The number of aliphatic carboxylic acids is 1. The number of benzene rings is 1. The molecule has 0 bridgehead atoms. The standard InChI is InChI=1S/C14H16F3NO3/c1-9-3-2-4-10(7-9)13(21)18-8-11(14(15,16)17)5-6-12(19)20/h2-4,7,11H,5-6,8H2,1H3,(H,18,21)(H,19,20)/t11-/m0/s1. The Bertz CT molecular complexity index is 514. The molecule has 21 heavy (non-hydrogen) atoms. The summed E-state index contributed by atoms with van der Waals surface area (Å²) in [6.45, 7) is 1.13. The maximum absolute atomic E-state index is 12.7. The van der Waals surface area contributed by atoms with E-state index in [0.717, 1.165) is 5.56 Å². The van der Waals surface area contributed by atoms with E-state index < -0.39 is 43.4 Å². The van der Waals surface area contributed by atoms with E-state index >= 15 is 0 Å². The van der Waals surface area contributed by atoms with Gasteiger partial charge in [-0.05, 0) is 25.5 Å². The molecule has 0 spiro atoms. The van der Waals surface area contributed by atoms with E-state index in [1.54, 1.807) is 25.1 Å². The molecule has 0 aliphatic rings. The Kier molecular flexibility index (Phi) is 5.75. The summed E-state index contributed by atoms with van der Waals surface area (Å²) >= 11 is 0. The summed E-state index contributed by atoms with van der Waals surface area (Å²) in [7, 11) is 0. The van der Waals surface area contributed by atoms with Crippen molar-refractivity contribution in [1.29, 1.82) is 0 Å². The van der Waals surface area contributed by atoms with E-state index in [9.17, 15) is 22.8 Å². The van der Waals surface area contributed by atoms with Crippen molar-refractivity contribution in [2.75, 3.05) is 6.54 Å². The largest absolute Gasteiger partial charge is 0.481 e. The SMILES string of the molecule is Cc1cccc(C(=O)NC[C@H](CCC(=O)O)C(F)(F)F)c1. The van der Waals surface area contributed by atoms with Crippen LogP contribution in [0.2, 0.25) is 0 Å². The van der Waals surface area contributed by atoms with Gasteiger partial charge < -0.3 is 10.4 Å². The van der Waals surface area contributed by atoms with Gasteiger partial charge in [0.25, 0.3) is 5.91 Å². The van der Waals surface area contributed by atoms with E-state index in [0.29, 0.717) is 0 Å². The van der Waals surface area contributed by atoms with Crippen LogP contribution in [0.1, 0.15) is 28.8 Å². The summed E-state index contributed by atoms with van der Waals surface area (Å²) in [4.78, 5) is 22.1. The molecule has 1 rings (SSSR count). The lowest BCUT2D eigenvalue weighted by Crippen LogP contribution is -2.36. The van der Waals surface area contributed by atoms with Gasteiger partial charge in [0.05, 0.1) is 5.92 Å². The molecule has 7 heteroatoms. The number of alkyl halides is 3. The molecule has 0 unspecified atom stereocenters. The summed E-state index contributed by atoms with van der Waals surface area (Å²) in [5, 5.41) is 10.7. The quantitative estimate of drug-likeness (QED) is 0.849. The molecule has 0 radical (unpaired) electrons. The van der Waals surface area contributed by atoms with Crippen molar-refractivity contribution in [2.24, 2.45) is 5.92 Å². The fourth-order valence-electron chi connectivity index (χ4n) is 1.78. The highest BCUT2D eigenvalue weighted by molar-refractivity contribution is 5.94. The predicted molar refractivity (Wildman–Crippen MR) is 69.9 cm³/mol. The lowest BCUT2D eigenvalue weighted by atomic mass is 10.0. The van der Waals surface area contributed by atoms with Gasteiger partial charge in [-0.25, -0.2) is 0 Å². The summed E-state index contributed by atoms with van der Waals surface area (Å²) < 4.78 is 38.2. The van der Waals surface area contributed by atoms with Crippen LogP contribution < -0.4 is 5.32 Å². The maximum Gasteiger partial charge on any atom is 0.393 e. The van der Waals surface area contributed by atoms with Crippen LogP contribution in [0.25, 0.3) is 0 Å². The molecule has 0 saturated carbocycles. The topological polar surface area (TPSA) is 66.4 Å². The molecule has 1 amide bonds. The van der Waals surface area contributed by atoms with E-state index in [1.165, 1.54) is 6.07 Å². The summed E-state index contributed by atoms with van der Waals surface area (Å²) in [5.74, 6) is -3.78. The molecule has 0 aliphatic carbocycles. The molecule has 1 aromatic carbocycles. The Morgan fingerprint density at radius 3 is 2.52 bits per heavy atom. The number of aryl methyl sites for hydroxylation is 1. The second kappa shape index (κ2) is 7.10. The molecule has 4 nitrogen and oxygen atoms in total. The van der Waals surface area contributed by atoms with Gasteiger partial charge in [0.15, 0.2) is 0 Å². The minimum absolute atomic E-state index is 0.272. The number of amides is 1. The van der Waals surface area contributed by atoms with E-state index in [-0.39, 0.29) is 5.56 Å². The van der Waals surface area contributed by atoms with Crippen LogP contribution in [-0.4, -0.2) is 29.7 Å². The average molecular weight is 303 g/mol. The number of carbonyl (C=O) groups excluding carboxylic acids is 1. The third-order valence-corrected chi connectivity index (χ3v) is 2.96. The number of hydrogen-bond acceptors (Lipinski definition) is 2. The normalized spacial score (nSPS) is 12.8. The minimum atomic E-state index is -4.55. The Morgan fingerprint density at radius 1 is 1.33 bits per heavy atom. The van der Waals surface area contributed by atoms with Crippen molar-refractivity contribution >= 4 is 11.9 Å². The van der Waals surface area contributed by atoms with Gasteiger partial charge in [-0.3, -0.25) is 9.59 Å². The molecule has 0 fully saturated rings. The second-order valence-corrected chi connectivity index (χ2v) is 4.75. The molecule has 1 aromatic rings. The van der Waals surface area contributed by atoms with Crippen LogP contribution in [0.4, 0.5) is 13.2 Å². The highest BCUT2D eigenvalue weighted by Gasteiger charge is 2.39. The highest BCUT2D eigenvalue weighted by atomic mass is 19.4. The Morgan fingerprint density at radius 2 is 2.00 bits per heavy atom. The van der Waals surface area contributed by atoms with Crippen molar-refractivity contribution in [2.45, 2.75) is 25.9 Å². The van der Waals surface area contributed by atoms with Crippen LogP contribution in [-0.2, 0) is 4.79 Å². The Hall–Kier alpha value is -2.05. The van der Waals surface area contributed by atoms with Crippen molar-refractivity contribution in [3.63, 3.8) is 0 Å². The maximum atomic E-state index is 12.7. The first kappa shape index (κ1) is 17.0. The molecule has 0 aromatic heterocycles. The summed E-state index contributed by atoms with van der Waals surface area (Å²) in [6.07, 6.45) is -5.70. The fraction of sp³-hybridized carbons (Fsp3) is 0.429. The number of halogens is 3. The van der Waals surface area contributed by atoms with Crippen molar-refractivity contribution in [3.05, 3.63) is 35.4 Å². The van der Waals surface area contributed by atoms with Gasteiger partial charge >= 0.3 is 12.1 Å². The number of carbonyl (C=O) groups is 2. The third-order valence-electron chi connectivity index (χ3n) is 2.96. The minimum Gasteiger partial charge on any atom is -0.481 e. The lowest BCUT2D eigenvalue weighted by Gasteiger charge is -2.20. The molecule has 1 atom stereocenters. The van der Waals surface area contributed by atoms with Crippen molar-refractivity contribution < 1.29 is 27.9 Å². The zero-order valence-electron chi connectivity index (χ0n) is 11.4. The zero-order chi connectivity index (χ0) is 16.0. The van der Waals surface area contributed by atoms with E-state index in [2.05, 4.69) is 5.32 Å². The van der Waals surface area contributed by atoms with Gasteiger partial charge in [-0.15, -0.1) is 0 Å². The molecule has 0 aliphatic heterocycles. The molecular formula is C14H16F3NO3. The smallest absolute Gasteiger partial charge is 0.393 e. The van der Waals surface area contributed by atoms with Gasteiger partial charge in [0.1, 0.15) is 0 Å². The van der Waals surface area contributed by atoms with Gasteiger partial charge in [0, 0.05) is 18.5 Å². The van der Waals surface area contributed by atoms with Crippen LogP contribution in [0, 0.1) is 12.8 Å². The van der Waals surface area contributed by atoms with Crippen molar-refractivity contribution in [1.82, 2.24) is 5.32 Å². The van der Waals surface area contributed by atoms with Crippen LogP contribution in [0.3, 0.4) is 0 Å². The number of rotatable bonds is 6. The number of nitrogens with one attached hydrogen (secondary N) is 1. The van der Waals surface area contributed by atoms with E-state index in [1.807, 2.05) is 0 Å². The molecule has 116 valence electrons. The van der Waals surface area contributed by atoms with E-state index in [4.69, 9.17) is 5.11 Å². The first-order valence-electron chi connectivity index (χ1n) is 6.33. The highest BCUT2D eigenvalue weighted by Crippen LogP contribution is 2.29. The van der Waals surface area contributed by atoms with Gasteiger partial charge in [0.2, 0.25) is 0 Å². The van der Waals surface area contributed by atoms with Crippen LogP contribution >= 0.6 is 0 Å². The monoisotopic (exact) mass is 303 g/mol. The fourth-order valence-corrected chi connectivity index (χ4v) is 1.78. The number of hydrogen-bond donors (Lipinski definition) is 2. The molecule has 0 saturated heterocycles. The Labute approximate surface area is 120 Å². The van der Waals surface area contributed by atoms with Crippen LogP contribution in [0.5, 0.6) is 0 Å². The number of carboxylic acid groups (broad SMARTS) is 1. The summed E-state index contributed by atoms with van der Waals surface area (Å²) in [5.41, 5.74) is 1.09. The Balaban J connectivity index is 2.64. The second-order valence-electron chi connectivity index (χ2n) is 4.75. The van der Waals surface area contributed by atoms with Gasteiger partial charge in [-0.2, -0.15) is 13.2 Å². The third kappa shape index (κ3) is 5.85. The van der Waals surface area contributed by atoms with Crippen molar-refractivity contribution in [3.8, 4) is 0 Å². The summed E-state index contributed by atoms with van der Waals surface area (Å²) in [6, 6.07) is 6.47. The zero-order valence-corrected chi connectivity index (χ0v) is 11.4. The van der Waals surface area contributed by atoms with Crippen LogP contribution in [0.15, 0.2) is 24.3 Å². The predicted octanol–water partition coefficient (Wildman–Crippen LogP) is 2.77. The first-order chi connectivity index (χ1) is 9.70. The van der Waals surface area contributed by atoms with Gasteiger partial charge in [-0.1, -0.05) is 17.7 Å². The molecular weight excluding hydrogens is 287 g/mol. The lowest BCUT2D eigenvalue weighted by molar-refractivity contribution is -0.175. The molecule has 2 N–H and O–H groups in total. The molecule has 0 heterocycles.